The first-order valence-corrected chi connectivity index (χ1v) is 12.7. The van der Waals surface area contributed by atoms with Crippen LogP contribution in [-0.4, -0.2) is 21.6 Å². The van der Waals surface area contributed by atoms with E-state index < -0.39 is 0 Å². The Morgan fingerprint density at radius 3 is 2.59 bits per heavy atom. The van der Waals surface area contributed by atoms with Crippen LogP contribution in [0.3, 0.4) is 0 Å². The summed E-state index contributed by atoms with van der Waals surface area (Å²) >= 11 is 4.70. The van der Waals surface area contributed by atoms with Gasteiger partial charge in [0.15, 0.2) is 4.34 Å². The van der Waals surface area contributed by atoms with Crippen LogP contribution in [0, 0.1) is 6.92 Å². The summed E-state index contributed by atoms with van der Waals surface area (Å²) in [6, 6.07) is 24.2. The highest BCUT2D eigenvalue weighted by atomic mass is 32.2. The number of fused-ring (bicyclic) bond motifs is 1. The Morgan fingerprint density at radius 1 is 0.969 bits per heavy atom. The lowest BCUT2D eigenvalue weighted by molar-refractivity contribution is -0.113. The minimum atomic E-state index is -0.0466. The van der Waals surface area contributed by atoms with Gasteiger partial charge < -0.3 is 5.32 Å². The fourth-order valence-corrected chi connectivity index (χ4v) is 5.95. The Hall–Kier alpha value is -3.00. The molecule has 32 heavy (non-hydrogen) atoms. The largest absolute Gasteiger partial charge is 0.325 e. The number of nitrogens with zero attached hydrogens (tertiary/aromatic N) is 2. The Kier molecular flexibility index (Phi) is 6.03. The summed E-state index contributed by atoms with van der Waals surface area (Å²) in [5.41, 5.74) is 6.11. The Morgan fingerprint density at radius 2 is 1.78 bits per heavy atom. The van der Waals surface area contributed by atoms with Crippen molar-refractivity contribution in [1.82, 2.24) is 9.97 Å². The van der Waals surface area contributed by atoms with Gasteiger partial charge in [0.1, 0.15) is 5.01 Å². The van der Waals surface area contributed by atoms with Gasteiger partial charge in [0.05, 0.1) is 21.7 Å². The molecule has 1 N–H and O–H groups in total. The van der Waals surface area contributed by atoms with Crippen LogP contribution in [0.2, 0.25) is 0 Å². The molecule has 0 atom stereocenters. The van der Waals surface area contributed by atoms with Crippen LogP contribution < -0.4 is 5.32 Å². The summed E-state index contributed by atoms with van der Waals surface area (Å²) in [7, 11) is 0. The molecule has 2 aromatic heterocycles. The fraction of sp³-hybridized carbons (Fsp3) is 0.0800. The van der Waals surface area contributed by atoms with Crippen LogP contribution in [0.5, 0.6) is 0 Å². The molecular formula is C25H19N3OS3. The van der Waals surface area contributed by atoms with E-state index in [1.54, 1.807) is 22.7 Å². The van der Waals surface area contributed by atoms with E-state index in [0.29, 0.717) is 5.75 Å². The Labute approximate surface area is 198 Å². The van der Waals surface area contributed by atoms with Gasteiger partial charge >= 0.3 is 0 Å². The maximum atomic E-state index is 12.4. The third-order valence-corrected chi connectivity index (χ3v) is 7.93. The topological polar surface area (TPSA) is 54.9 Å². The molecule has 5 rings (SSSR count). The van der Waals surface area contributed by atoms with Crippen LogP contribution in [0.15, 0.2) is 82.5 Å². The van der Waals surface area contributed by atoms with Gasteiger partial charge in [-0.05, 0) is 48.9 Å². The lowest BCUT2D eigenvalue weighted by Crippen LogP contribution is -2.13. The molecule has 0 bridgehead atoms. The van der Waals surface area contributed by atoms with Gasteiger partial charge in [0.2, 0.25) is 5.91 Å². The molecule has 0 saturated heterocycles. The number of nitrogens with one attached hydrogen (secondary N) is 1. The number of anilines is 1. The van der Waals surface area contributed by atoms with Gasteiger partial charge in [-0.2, -0.15) is 0 Å². The molecule has 0 radical (unpaired) electrons. The number of hydrogen-bond donors (Lipinski definition) is 1. The molecule has 1 amide bonds. The zero-order valence-electron chi connectivity index (χ0n) is 17.2. The van der Waals surface area contributed by atoms with Crippen molar-refractivity contribution in [2.75, 3.05) is 11.1 Å². The van der Waals surface area contributed by atoms with Crippen LogP contribution >= 0.6 is 34.4 Å². The summed E-state index contributed by atoms with van der Waals surface area (Å²) in [4.78, 5) is 21.7. The second-order valence-corrected chi connectivity index (χ2v) is 10.4. The summed E-state index contributed by atoms with van der Waals surface area (Å²) in [6.07, 6.45) is 0. The monoisotopic (exact) mass is 473 g/mol. The van der Waals surface area contributed by atoms with E-state index in [-0.39, 0.29) is 5.91 Å². The summed E-state index contributed by atoms with van der Waals surface area (Å²) in [5, 5.41) is 5.97. The molecular weight excluding hydrogens is 454 g/mol. The van der Waals surface area contributed by atoms with Crippen molar-refractivity contribution in [1.29, 1.82) is 0 Å². The maximum Gasteiger partial charge on any atom is 0.234 e. The lowest BCUT2D eigenvalue weighted by Gasteiger charge is -2.05. The van der Waals surface area contributed by atoms with Gasteiger partial charge in [-0.15, -0.1) is 22.7 Å². The number of carbonyl (C=O) groups excluding carboxylic acids is 1. The number of hydrogen-bond acceptors (Lipinski definition) is 6. The SMILES string of the molecule is Cc1ccc2nc(-c3ccc(NC(=O)CSc4nc(-c5ccccc5)cs4)cc3)sc2c1. The Balaban J connectivity index is 1.19. The van der Waals surface area contributed by atoms with Gasteiger partial charge in [-0.1, -0.05) is 48.2 Å². The number of thiazole rings is 2. The van der Waals surface area contributed by atoms with E-state index in [1.807, 2.05) is 60.0 Å². The minimum Gasteiger partial charge on any atom is -0.325 e. The molecule has 4 nitrogen and oxygen atoms in total. The molecule has 0 aliphatic carbocycles. The Bertz CT molecular complexity index is 1370. The maximum absolute atomic E-state index is 12.4. The highest BCUT2D eigenvalue weighted by Crippen LogP contribution is 2.32. The highest BCUT2D eigenvalue weighted by Gasteiger charge is 2.10. The number of amides is 1. The highest BCUT2D eigenvalue weighted by molar-refractivity contribution is 8.01. The minimum absolute atomic E-state index is 0.0466. The molecule has 0 fully saturated rings. The average Bonchev–Trinajstić information content (AvgIpc) is 3.46. The van der Waals surface area contributed by atoms with Crippen molar-refractivity contribution in [3.05, 3.63) is 83.7 Å². The lowest BCUT2D eigenvalue weighted by atomic mass is 10.2. The zero-order chi connectivity index (χ0) is 21.9. The summed E-state index contributed by atoms with van der Waals surface area (Å²) < 4.78 is 2.08. The fourth-order valence-electron chi connectivity index (χ4n) is 3.24. The molecule has 0 unspecified atom stereocenters. The molecule has 0 aliphatic rings. The van der Waals surface area contributed by atoms with Gasteiger partial charge in [0.25, 0.3) is 0 Å². The van der Waals surface area contributed by atoms with E-state index in [1.165, 1.54) is 22.0 Å². The van der Waals surface area contributed by atoms with Gasteiger partial charge in [0, 0.05) is 22.2 Å². The third-order valence-electron chi connectivity index (χ3n) is 4.84. The third kappa shape index (κ3) is 4.75. The quantitative estimate of drug-likeness (QED) is 0.267. The van der Waals surface area contributed by atoms with Crippen molar-refractivity contribution < 1.29 is 4.79 Å². The van der Waals surface area contributed by atoms with E-state index >= 15 is 0 Å². The summed E-state index contributed by atoms with van der Waals surface area (Å²) in [6.45, 7) is 2.09. The van der Waals surface area contributed by atoms with Crippen molar-refractivity contribution in [2.24, 2.45) is 0 Å². The molecule has 0 saturated carbocycles. The van der Waals surface area contributed by atoms with Crippen molar-refractivity contribution in [3.63, 3.8) is 0 Å². The van der Waals surface area contributed by atoms with E-state index in [9.17, 15) is 4.79 Å². The second-order valence-electron chi connectivity index (χ2n) is 7.27. The standard InChI is InChI=1S/C25H19N3OS3/c1-16-7-12-20-22(13-16)32-24(27-20)18-8-10-19(11-9-18)26-23(29)15-31-25-28-21(14-30-25)17-5-3-2-4-6-17/h2-14H,15H2,1H3,(H,26,29). The van der Waals surface area contributed by atoms with Crippen LogP contribution in [0.1, 0.15) is 5.56 Å². The smallest absolute Gasteiger partial charge is 0.234 e. The number of aryl methyl sites for hydroxylation is 1. The van der Waals surface area contributed by atoms with E-state index in [0.717, 1.165) is 37.4 Å². The molecule has 7 heteroatoms. The van der Waals surface area contributed by atoms with Crippen molar-refractivity contribution in [2.45, 2.75) is 11.3 Å². The molecule has 0 aliphatic heterocycles. The molecule has 2 heterocycles. The van der Waals surface area contributed by atoms with E-state index in [4.69, 9.17) is 4.98 Å². The van der Waals surface area contributed by atoms with Crippen molar-refractivity contribution >= 4 is 56.2 Å². The zero-order valence-corrected chi connectivity index (χ0v) is 19.7. The number of thioether (sulfide) groups is 1. The van der Waals surface area contributed by atoms with Crippen LogP contribution in [-0.2, 0) is 4.79 Å². The van der Waals surface area contributed by atoms with Crippen LogP contribution in [0.25, 0.3) is 32.0 Å². The number of carbonyl (C=O) groups is 1. The number of benzene rings is 3. The van der Waals surface area contributed by atoms with Gasteiger partial charge in [-0.25, -0.2) is 9.97 Å². The first kappa shape index (κ1) is 20.9. The first-order valence-electron chi connectivity index (χ1n) is 10.1. The molecule has 0 spiro atoms. The second kappa shape index (κ2) is 9.24. The number of aromatic nitrogens is 2. The summed E-state index contributed by atoms with van der Waals surface area (Å²) in [5.74, 6) is 0.274. The number of rotatable bonds is 6. The molecule has 158 valence electrons. The van der Waals surface area contributed by atoms with Crippen LogP contribution in [0.4, 0.5) is 5.69 Å². The predicted octanol–water partition coefficient (Wildman–Crippen LogP) is 7.13. The van der Waals surface area contributed by atoms with Gasteiger partial charge in [-0.3, -0.25) is 4.79 Å². The molecule has 5 aromatic rings. The predicted molar refractivity (Wildman–Crippen MR) is 137 cm³/mol. The average molecular weight is 474 g/mol. The molecule has 3 aromatic carbocycles. The first-order chi connectivity index (χ1) is 15.6. The van der Waals surface area contributed by atoms with Crippen molar-refractivity contribution in [3.8, 4) is 21.8 Å². The normalized spacial score (nSPS) is 11.0. The van der Waals surface area contributed by atoms with E-state index in [2.05, 4.69) is 35.4 Å².